The Morgan fingerprint density at radius 3 is 2.40 bits per heavy atom. The van der Waals surface area contributed by atoms with Gasteiger partial charge in [0.1, 0.15) is 5.82 Å². The van der Waals surface area contributed by atoms with Crippen molar-refractivity contribution in [2.24, 2.45) is 4.99 Å². The third kappa shape index (κ3) is 4.88. The van der Waals surface area contributed by atoms with Gasteiger partial charge >= 0.3 is 5.97 Å². The predicted molar refractivity (Wildman–Crippen MR) is 156 cm³/mol. The van der Waals surface area contributed by atoms with Crippen LogP contribution in [0.2, 0.25) is 0 Å². The van der Waals surface area contributed by atoms with Crippen molar-refractivity contribution in [2.75, 3.05) is 6.61 Å². The van der Waals surface area contributed by atoms with Crippen LogP contribution in [0.1, 0.15) is 67.7 Å². The number of allylic oxidation sites excluding steroid dienone is 1. The van der Waals surface area contributed by atoms with Gasteiger partial charge in [-0.25, -0.2) is 14.2 Å². The third-order valence-electron chi connectivity index (χ3n) is 7.28. The third-order valence-corrected chi connectivity index (χ3v) is 8.26. The van der Waals surface area contributed by atoms with E-state index in [-0.39, 0.29) is 18.0 Å². The number of aromatic nitrogens is 2. The summed E-state index contributed by atoms with van der Waals surface area (Å²) in [5, 5.41) is 0. The molecule has 0 spiro atoms. The lowest BCUT2D eigenvalue weighted by molar-refractivity contribution is -0.139. The molecule has 0 bridgehead atoms. The van der Waals surface area contributed by atoms with Gasteiger partial charge in [0.15, 0.2) is 4.80 Å². The fraction of sp³-hybridized carbons (Fsp3) is 0.281. The average molecular weight is 558 g/mol. The Hall–Kier alpha value is -4.04. The second-order valence-corrected chi connectivity index (χ2v) is 11.3. The first-order valence-corrected chi connectivity index (χ1v) is 14.2. The second kappa shape index (κ2) is 10.8. The molecule has 3 heterocycles. The summed E-state index contributed by atoms with van der Waals surface area (Å²) in [5.74, 6) is -0.413. The lowest BCUT2D eigenvalue weighted by Crippen LogP contribution is -2.39. The minimum atomic E-state index is -0.648. The van der Waals surface area contributed by atoms with Gasteiger partial charge in [0.05, 0.1) is 28.5 Å². The van der Waals surface area contributed by atoms with Crippen molar-refractivity contribution in [2.45, 2.75) is 53.5 Å². The van der Waals surface area contributed by atoms with Gasteiger partial charge in [0.25, 0.3) is 5.56 Å². The minimum Gasteiger partial charge on any atom is -0.463 e. The fourth-order valence-electron chi connectivity index (χ4n) is 5.23. The van der Waals surface area contributed by atoms with Crippen LogP contribution in [-0.4, -0.2) is 21.7 Å². The van der Waals surface area contributed by atoms with Gasteiger partial charge in [-0.05, 0) is 86.7 Å². The van der Waals surface area contributed by atoms with Crippen LogP contribution in [-0.2, 0) is 9.53 Å². The molecule has 2 aromatic heterocycles. The molecule has 4 aromatic rings. The van der Waals surface area contributed by atoms with E-state index < -0.39 is 12.0 Å². The van der Waals surface area contributed by atoms with Gasteiger partial charge in [-0.15, -0.1) is 0 Å². The maximum Gasteiger partial charge on any atom is 0.338 e. The summed E-state index contributed by atoms with van der Waals surface area (Å²) in [6, 6.07) is 15.7. The summed E-state index contributed by atoms with van der Waals surface area (Å²) in [6.07, 6.45) is 1.87. The van der Waals surface area contributed by atoms with Crippen LogP contribution in [0, 0.1) is 19.7 Å². The standard InChI is InChI=1S/C32H32FN3O3S/c1-7-39-31(38)28-20(5)34-32-36(29(28)23-10-8-22(9-11-23)18(2)3)30(37)27(40-32)17-24-16-19(4)35(21(24)6)26-14-12-25(33)13-15-26/h8-18,29H,7H2,1-6H3/b27-17-. The molecule has 0 saturated carbocycles. The number of hydrogen-bond acceptors (Lipinski definition) is 5. The van der Waals surface area contributed by atoms with E-state index in [1.807, 2.05) is 54.8 Å². The molecule has 0 saturated heterocycles. The number of carbonyl (C=O) groups excluding carboxylic acids is 1. The van der Waals surface area contributed by atoms with Gasteiger partial charge in [0, 0.05) is 17.1 Å². The van der Waals surface area contributed by atoms with Crippen LogP contribution >= 0.6 is 11.3 Å². The number of ether oxygens (including phenoxy) is 1. The highest BCUT2D eigenvalue weighted by atomic mass is 32.1. The first-order chi connectivity index (χ1) is 19.1. The van der Waals surface area contributed by atoms with E-state index >= 15 is 0 Å². The highest BCUT2D eigenvalue weighted by Crippen LogP contribution is 2.31. The van der Waals surface area contributed by atoms with Gasteiger partial charge in [-0.2, -0.15) is 0 Å². The molecular weight excluding hydrogens is 525 g/mol. The molecule has 0 fully saturated rings. The van der Waals surface area contributed by atoms with Crippen molar-refractivity contribution in [3.8, 4) is 5.69 Å². The Morgan fingerprint density at radius 1 is 1.10 bits per heavy atom. The van der Waals surface area contributed by atoms with Crippen LogP contribution < -0.4 is 14.9 Å². The Morgan fingerprint density at radius 2 is 1.77 bits per heavy atom. The first-order valence-electron chi connectivity index (χ1n) is 13.3. The zero-order valence-corrected chi connectivity index (χ0v) is 24.3. The molecule has 6 nitrogen and oxygen atoms in total. The van der Waals surface area contributed by atoms with Crippen LogP contribution in [0.5, 0.6) is 0 Å². The van der Waals surface area contributed by atoms with Crippen LogP contribution in [0.15, 0.2) is 75.7 Å². The first kappa shape index (κ1) is 27.5. The van der Waals surface area contributed by atoms with Crippen molar-refractivity contribution in [3.05, 3.63) is 119 Å². The summed E-state index contributed by atoms with van der Waals surface area (Å²) in [7, 11) is 0. The summed E-state index contributed by atoms with van der Waals surface area (Å²) in [6.45, 7) is 12.0. The number of benzene rings is 2. The van der Waals surface area contributed by atoms with E-state index in [2.05, 4.69) is 18.8 Å². The molecule has 1 aliphatic heterocycles. The van der Waals surface area contributed by atoms with Crippen molar-refractivity contribution in [1.29, 1.82) is 0 Å². The summed E-state index contributed by atoms with van der Waals surface area (Å²) in [5.41, 5.74) is 6.30. The van der Waals surface area contributed by atoms with Crippen molar-refractivity contribution < 1.29 is 13.9 Å². The Labute approximate surface area is 236 Å². The molecule has 1 atom stereocenters. The van der Waals surface area contributed by atoms with E-state index in [0.29, 0.717) is 26.5 Å². The van der Waals surface area contributed by atoms with Gasteiger partial charge in [-0.3, -0.25) is 9.36 Å². The lowest BCUT2D eigenvalue weighted by Gasteiger charge is -2.25. The summed E-state index contributed by atoms with van der Waals surface area (Å²) >= 11 is 1.30. The van der Waals surface area contributed by atoms with Crippen molar-refractivity contribution in [1.82, 2.24) is 9.13 Å². The van der Waals surface area contributed by atoms with Crippen molar-refractivity contribution in [3.63, 3.8) is 0 Å². The number of carbonyl (C=O) groups is 1. The molecule has 1 aliphatic rings. The molecule has 0 N–H and O–H groups in total. The number of fused-ring (bicyclic) bond motifs is 1. The maximum atomic E-state index is 14.0. The molecule has 8 heteroatoms. The average Bonchev–Trinajstić information content (AvgIpc) is 3.38. The van der Waals surface area contributed by atoms with E-state index in [1.54, 1.807) is 30.5 Å². The number of halogens is 1. The van der Waals surface area contributed by atoms with E-state index in [9.17, 15) is 14.0 Å². The number of esters is 1. The number of rotatable bonds is 6. The molecule has 0 aliphatic carbocycles. The number of hydrogen-bond donors (Lipinski definition) is 0. The van der Waals surface area contributed by atoms with Gasteiger partial charge in [-0.1, -0.05) is 49.4 Å². The number of thiazole rings is 1. The minimum absolute atomic E-state index is 0.220. The molecule has 0 amide bonds. The topological polar surface area (TPSA) is 65.6 Å². The Balaban J connectivity index is 1.67. The van der Waals surface area contributed by atoms with Crippen LogP contribution in [0.4, 0.5) is 4.39 Å². The molecule has 5 rings (SSSR count). The summed E-state index contributed by atoms with van der Waals surface area (Å²) in [4.78, 5) is 32.3. The number of aryl methyl sites for hydroxylation is 1. The smallest absolute Gasteiger partial charge is 0.338 e. The highest BCUT2D eigenvalue weighted by molar-refractivity contribution is 7.07. The molecule has 40 heavy (non-hydrogen) atoms. The quantitative estimate of drug-likeness (QED) is 0.296. The molecule has 0 radical (unpaired) electrons. The maximum absolute atomic E-state index is 14.0. The second-order valence-electron chi connectivity index (χ2n) is 10.3. The fourth-order valence-corrected chi connectivity index (χ4v) is 6.27. The summed E-state index contributed by atoms with van der Waals surface area (Å²) < 4.78 is 23.1. The zero-order chi connectivity index (χ0) is 28.7. The van der Waals surface area contributed by atoms with Crippen LogP contribution in [0.25, 0.3) is 11.8 Å². The predicted octanol–water partition coefficient (Wildman–Crippen LogP) is 5.47. The SMILES string of the molecule is CCOC(=O)C1=C(C)N=c2s/c(=C\c3cc(C)n(-c4ccc(F)cc4)c3C)c(=O)n2C1c1ccc(C(C)C)cc1. The number of nitrogens with zero attached hydrogens (tertiary/aromatic N) is 3. The molecule has 206 valence electrons. The lowest BCUT2D eigenvalue weighted by atomic mass is 9.93. The van der Waals surface area contributed by atoms with Crippen LogP contribution in [0.3, 0.4) is 0 Å². The Kier molecular flexibility index (Phi) is 7.47. The molecule has 2 aromatic carbocycles. The Bertz CT molecular complexity index is 1810. The highest BCUT2D eigenvalue weighted by Gasteiger charge is 2.33. The van der Waals surface area contributed by atoms with E-state index in [1.165, 1.54) is 29.0 Å². The van der Waals surface area contributed by atoms with Gasteiger partial charge < -0.3 is 9.30 Å². The normalized spacial score (nSPS) is 15.4. The van der Waals surface area contributed by atoms with Gasteiger partial charge in [0.2, 0.25) is 0 Å². The van der Waals surface area contributed by atoms with Crippen molar-refractivity contribution >= 4 is 23.4 Å². The van der Waals surface area contributed by atoms with E-state index in [4.69, 9.17) is 4.74 Å². The monoisotopic (exact) mass is 557 g/mol. The zero-order valence-electron chi connectivity index (χ0n) is 23.5. The molecular formula is C32H32FN3O3S. The molecule has 1 unspecified atom stereocenters. The van der Waals surface area contributed by atoms with E-state index in [0.717, 1.165) is 28.2 Å². The largest absolute Gasteiger partial charge is 0.463 e.